The minimum atomic E-state index is -1.72. The van der Waals surface area contributed by atoms with Crippen molar-refractivity contribution >= 4 is 161 Å². The molecule has 0 radical (unpaired) electrons. The van der Waals surface area contributed by atoms with Gasteiger partial charge in [-0.3, -0.25) is 19.2 Å². The number of benzene rings is 4. The van der Waals surface area contributed by atoms with Crippen LogP contribution >= 0.6 is 104 Å². The van der Waals surface area contributed by atoms with E-state index in [-0.39, 0.29) is 39.2 Å². The minimum absolute atomic E-state index is 0.00325. The number of anilines is 4. The largest absolute Gasteiger partial charge is 0.643 e. The van der Waals surface area contributed by atoms with Gasteiger partial charge in [-0.2, -0.15) is 0 Å². The Labute approximate surface area is 476 Å². The first-order valence-corrected chi connectivity index (χ1v) is 29.7. The first-order chi connectivity index (χ1) is 33.4. The average molecular weight is 1240 g/mol. The van der Waals surface area contributed by atoms with Crippen molar-refractivity contribution in [1.29, 1.82) is 0 Å². The van der Waals surface area contributed by atoms with E-state index >= 15 is 0 Å². The average Bonchev–Trinajstić information content (AvgIpc) is 3.25. The predicted octanol–water partition coefficient (Wildman–Crippen LogP) is 15.8. The maximum Gasteiger partial charge on any atom is 0.643 e. The Hall–Kier alpha value is -3.23. The molecule has 0 aliphatic carbocycles. The van der Waals surface area contributed by atoms with Crippen molar-refractivity contribution in [3.63, 3.8) is 0 Å². The van der Waals surface area contributed by atoms with Crippen LogP contribution in [0.25, 0.3) is 0 Å². The van der Waals surface area contributed by atoms with Crippen LogP contribution in [-0.4, -0.2) is 79.2 Å². The number of halogens is 9. The van der Waals surface area contributed by atoms with Crippen molar-refractivity contribution in [2.24, 2.45) is 0 Å². The summed E-state index contributed by atoms with van der Waals surface area (Å²) in [5.74, 6) is 1.78. The number of phenols is 1. The number of carbonyl (C=O) groups is 4. The molecule has 1 aliphatic rings. The molecule has 0 fully saturated rings. The molecule has 1 heterocycles. The number of methoxy groups -OCH3 is 3. The lowest BCUT2D eigenvalue weighted by Crippen LogP contribution is -2.39. The summed E-state index contributed by atoms with van der Waals surface area (Å²) in [6, 6.07) is 18.9. The van der Waals surface area contributed by atoms with Crippen molar-refractivity contribution in [1.82, 2.24) is 0 Å². The number of carbonyl (C=O) groups excluding carboxylic acids is 4. The number of nitrogens with two attached hydrogens (primary N) is 1. The maximum atomic E-state index is 11.6. The van der Waals surface area contributed by atoms with Gasteiger partial charge in [0, 0.05) is 68.9 Å². The van der Waals surface area contributed by atoms with Gasteiger partial charge in [-0.05, 0) is 123 Å². The number of phenolic OH excluding ortho intramolecular Hbond substituents is 1. The molecule has 5 rings (SSSR count). The SMILES string of the molecule is CC(=O)Cl.CC(=O)N1CCC(C)(C)c2cc(O)c(Cl)cc21.CC(C)=CCBr.COc1ccc(N(CC=C(C)C)C(C)=O)cc1Cl.COc1ccc(N)cc1Cl.COc1ccc(NC(C)=O)cc1Cl.[Cl][Al]([Cl])[Cl]. The fourth-order valence-electron chi connectivity index (χ4n) is 5.59. The second-order valence-corrected chi connectivity index (χ2v) is 25.2. The molecule has 0 saturated carbocycles. The van der Waals surface area contributed by atoms with Crippen molar-refractivity contribution in [2.45, 2.75) is 81.1 Å². The third kappa shape index (κ3) is 30.2. The van der Waals surface area contributed by atoms with E-state index in [0.29, 0.717) is 56.8 Å². The van der Waals surface area contributed by atoms with Crippen LogP contribution in [0.15, 0.2) is 90.0 Å². The number of hydrogen-bond donors (Lipinski definition) is 3. The standard InChI is InChI=1S/C14H18ClNO2.C13H16ClNO2.C9H10ClNO2.C7H8ClNO.C5H9Br.C2H3ClO.Al.3ClH/c1-10(2)7-8-16(11(3)17)12-5-6-14(18-4)13(15)9-12;1-8(16)15-5-4-13(2,3)9-6-12(17)10(14)7-11(9)15;1-6(12)11-7-3-4-9(13-2)8(10)5-7;1-10-7-3-2-5(9)4-6(7)8;1-5(2)3-4-6;1-2(3)4;;;;/h5-7,9H,8H2,1-4H3;6-7,17H,4-5H2,1-3H3;3-5H,1-2H3,(H,11,12);2-4H,9H2,1H3;3H,4H2,1-2H3;1H3;;3*1H/q;;;;;;+3;;;/p-3. The molecule has 22 heteroatoms. The summed E-state index contributed by atoms with van der Waals surface area (Å²) in [5.41, 5.74) is 11.8. The van der Waals surface area contributed by atoms with Gasteiger partial charge in [-0.1, -0.05) is 99.5 Å². The number of aromatic hydroxyl groups is 1. The Morgan fingerprint density at radius 1 is 0.750 bits per heavy atom. The molecule has 1 aliphatic heterocycles. The van der Waals surface area contributed by atoms with Gasteiger partial charge < -0.3 is 40.2 Å². The number of amides is 3. The summed E-state index contributed by atoms with van der Waals surface area (Å²) in [7, 11) is 19.5. The van der Waals surface area contributed by atoms with E-state index in [1.54, 1.807) is 98.7 Å². The number of allylic oxidation sites excluding steroid dienone is 3. The molecule has 0 saturated heterocycles. The molecule has 398 valence electrons. The van der Waals surface area contributed by atoms with Gasteiger partial charge in [0.2, 0.25) is 23.0 Å². The van der Waals surface area contributed by atoms with Gasteiger partial charge in [0.1, 0.15) is 23.0 Å². The van der Waals surface area contributed by atoms with Gasteiger partial charge in [0.25, 0.3) is 0 Å². The number of nitrogens with one attached hydrogen (secondary N) is 1. The lowest BCUT2D eigenvalue weighted by Gasteiger charge is -2.38. The zero-order chi connectivity index (χ0) is 56.1. The Kier molecular flexibility index (Phi) is 36.9. The van der Waals surface area contributed by atoms with E-state index in [1.165, 1.54) is 31.9 Å². The van der Waals surface area contributed by atoms with E-state index < -0.39 is 11.4 Å². The molecule has 0 aromatic heterocycles. The Balaban J connectivity index is 0. The third-order valence-corrected chi connectivity index (χ3v) is 10.6. The Morgan fingerprint density at radius 3 is 1.58 bits per heavy atom. The smallest absolute Gasteiger partial charge is 0.506 e. The van der Waals surface area contributed by atoms with Gasteiger partial charge in [-0.15, -0.1) is 0 Å². The summed E-state index contributed by atoms with van der Waals surface area (Å²) in [4.78, 5) is 46.5. The monoisotopic (exact) mass is 1230 g/mol. The number of alkyl halides is 1. The van der Waals surface area contributed by atoms with Crippen LogP contribution in [-0.2, 0) is 24.6 Å². The molecule has 0 spiro atoms. The lowest BCUT2D eigenvalue weighted by atomic mass is 9.77. The topological polar surface area (TPSA) is 161 Å². The highest BCUT2D eigenvalue weighted by atomic mass is 79.9. The first kappa shape index (κ1) is 70.8. The second-order valence-electron chi connectivity index (χ2n) is 15.9. The van der Waals surface area contributed by atoms with Gasteiger partial charge in [0.05, 0.1) is 41.4 Å². The number of nitrogen functional groups attached to an aromatic ring is 1. The van der Waals surface area contributed by atoms with Crippen LogP contribution in [0.3, 0.4) is 0 Å². The van der Waals surface area contributed by atoms with Crippen LogP contribution in [0.5, 0.6) is 23.0 Å². The summed E-state index contributed by atoms with van der Waals surface area (Å²) < 4.78 is 15.0. The summed E-state index contributed by atoms with van der Waals surface area (Å²) in [6.45, 7) is 19.4. The molecule has 4 aromatic carbocycles. The molecule has 0 unspecified atom stereocenters. The Morgan fingerprint density at radius 2 is 1.21 bits per heavy atom. The molecule has 12 nitrogen and oxygen atoms in total. The fraction of sp³-hybridized carbons (Fsp3) is 0.360. The second kappa shape index (κ2) is 37.5. The molecular formula is C50H64AlBrCl8N4O8. The number of fused-ring (bicyclic) bond motifs is 1. The van der Waals surface area contributed by atoms with Gasteiger partial charge >= 0.3 is 11.4 Å². The molecule has 4 N–H and O–H groups in total. The fourth-order valence-corrected chi connectivity index (χ4v) is 7.17. The lowest BCUT2D eigenvalue weighted by molar-refractivity contribution is -0.117. The zero-order valence-electron chi connectivity index (χ0n) is 42.6. The van der Waals surface area contributed by atoms with E-state index in [1.807, 2.05) is 26.0 Å². The van der Waals surface area contributed by atoms with E-state index in [4.69, 9.17) is 96.5 Å². The molecule has 4 aromatic rings. The number of rotatable bonds is 8. The molecular weight excluding hydrogens is 1180 g/mol. The highest BCUT2D eigenvalue weighted by Gasteiger charge is 2.33. The Bertz CT molecular complexity index is 2410. The van der Waals surface area contributed by atoms with Crippen molar-refractivity contribution in [3.05, 3.63) is 116 Å². The summed E-state index contributed by atoms with van der Waals surface area (Å²) >= 11 is 29.7. The predicted molar refractivity (Wildman–Crippen MR) is 312 cm³/mol. The van der Waals surface area contributed by atoms with Crippen LogP contribution in [0.2, 0.25) is 20.1 Å². The van der Waals surface area contributed by atoms with Crippen molar-refractivity contribution in [3.8, 4) is 23.0 Å². The van der Waals surface area contributed by atoms with Crippen molar-refractivity contribution in [2.75, 3.05) is 60.6 Å². The van der Waals surface area contributed by atoms with Gasteiger partial charge in [-0.25, -0.2) is 30.1 Å². The normalized spacial score (nSPS) is 11.1. The number of hydrogen-bond acceptors (Lipinski definition) is 9. The molecule has 0 atom stereocenters. The van der Waals surface area contributed by atoms with Crippen LogP contribution in [0.4, 0.5) is 22.7 Å². The summed E-state index contributed by atoms with van der Waals surface area (Å²) in [6.07, 6.45) is 5.00. The number of ether oxygens (including phenoxy) is 3. The van der Waals surface area contributed by atoms with E-state index in [9.17, 15) is 24.3 Å². The van der Waals surface area contributed by atoms with Gasteiger partial charge in [0.15, 0.2) is 0 Å². The van der Waals surface area contributed by atoms with E-state index in [0.717, 1.165) is 28.7 Å². The zero-order valence-corrected chi connectivity index (χ0v) is 51.4. The maximum absolute atomic E-state index is 11.6. The van der Waals surface area contributed by atoms with Crippen LogP contribution in [0, 0.1) is 0 Å². The van der Waals surface area contributed by atoms with Crippen LogP contribution < -0.4 is 35.1 Å². The van der Waals surface area contributed by atoms with E-state index in [2.05, 4.69) is 66.6 Å². The molecule has 0 bridgehead atoms. The number of nitrogens with zero attached hydrogens (tertiary/aromatic N) is 2. The third-order valence-electron chi connectivity index (χ3n) is 9.07. The molecule has 3 amide bonds. The van der Waals surface area contributed by atoms with Crippen LogP contribution in [0.1, 0.15) is 81.2 Å². The highest BCUT2D eigenvalue weighted by Crippen LogP contribution is 2.44. The van der Waals surface area contributed by atoms with Crippen molar-refractivity contribution < 1.29 is 38.5 Å². The highest BCUT2D eigenvalue weighted by molar-refractivity contribution is 9.09. The first-order valence-electron chi connectivity index (χ1n) is 21.4. The summed E-state index contributed by atoms with van der Waals surface area (Å²) in [5, 5.41) is 14.7. The minimum Gasteiger partial charge on any atom is -0.506 e. The quantitative estimate of drug-likeness (QED) is 0.0513. The molecule has 72 heavy (non-hydrogen) atoms.